The number of carbonyl (C=O) groups excluding carboxylic acids is 1. The van der Waals surface area contributed by atoms with E-state index in [1.807, 2.05) is 42.5 Å². The van der Waals surface area contributed by atoms with E-state index in [2.05, 4.69) is 22.4 Å². The van der Waals surface area contributed by atoms with E-state index in [1.54, 1.807) is 24.9 Å². The number of rotatable bonds is 7. The van der Waals surface area contributed by atoms with Gasteiger partial charge in [-0.2, -0.15) is 0 Å². The van der Waals surface area contributed by atoms with Crippen LogP contribution in [0.3, 0.4) is 0 Å². The molecule has 1 N–H and O–H groups in total. The van der Waals surface area contributed by atoms with Gasteiger partial charge in [0, 0.05) is 10.5 Å². The van der Waals surface area contributed by atoms with Crippen LogP contribution in [0, 0.1) is 0 Å². The number of amides is 1. The van der Waals surface area contributed by atoms with Crippen molar-refractivity contribution in [2.75, 3.05) is 18.2 Å². The predicted octanol–water partition coefficient (Wildman–Crippen LogP) is 4.04. The molecular formula is C19H19N3O3S. The lowest BCUT2D eigenvalue weighted by Crippen LogP contribution is -2.14. The molecule has 0 saturated carbocycles. The number of aromatic nitrogens is 2. The van der Waals surface area contributed by atoms with Gasteiger partial charge in [-0.1, -0.05) is 30.2 Å². The second-order valence-corrected chi connectivity index (χ2v) is 6.78. The number of carbonyl (C=O) groups is 1. The van der Waals surface area contributed by atoms with Crippen LogP contribution in [0.1, 0.15) is 12.5 Å². The van der Waals surface area contributed by atoms with Gasteiger partial charge in [0.1, 0.15) is 5.75 Å². The Labute approximate surface area is 156 Å². The minimum Gasteiger partial charge on any atom is -0.497 e. The summed E-state index contributed by atoms with van der Waals surface area (Å²) < 4.78 is 10.7. The van der Waals surface area contributed by atoms with Gasteiger partial charge in [-0.15, -0.1) is 16.9 Å². The quantitative estimate of drug-likeness (QED) is 0.634. The van der Waals surface area contributed by atoms with E-state index in [4.69, 9.17) is 9.15 Å². The molecule has 0 unspecified atom stereocenters. The van der Waals surface area contributed by atoms with Gasteiger partial charge in [-0.25, -0.2) is 0 Å². The van der Waals surface area contributed by atoms with Crippen molar-refractivity contribution < 1.29 is 13.9 Å². The van der Waals surface area contributed by atoms with Gasteiger partial charge in [0.25, 0.3) is 0 Å². The Kier molecular flexibility index (Phi) is 5.91. The maximum atomic E-state index is 12.2. The fourth-order valence-corrected chi connectivity index (χ4v) is 3.03. The third kappa shape index (κ3) is 4.64. The van der Waals surface area contributed by atoms with Crippen LogP contribution in [0.2, 0.25) is 0 Å². The Bertz CT molecular complexity index is 878. The van der Waals surface area contributed by atoms with E-state index >= 15 is 0 Å². The summed E-state index contributed by atoms with van der Waals surface area (Å²) >= 11 is 1.77. The maximum Gasteiger partial charge on any atom is 0.322 e. The molecule has 3 aromatic rings. The van der Waals surface area contributed by atoms with Crippen molar-refractivity contribution in [1.29, 1.82) is 0 Å². The normalized spacial score (nSPS) is 10.5. The van der Waals surface area contributed by atoms with Crippen molar-refractivity contribution in [2.45, 2.75) is 18.2 Å². The fraction of sp³-hybridized carbons (Fsp3) is 0.211. The molecule has 1 aromatic heterocycles. The smallest absolute Gasteiger partial charge is 0.322 e. The van der Waals surface area contributed by atoms with Gasteiger partial charge in [-0.3, -0.25) is 10.1 Å². The summed E-state index contributed by atoms with van der Waals surface area (Å²) in [6.07, 6.45) is 0.244. The molecule has 134 valence electrons. The van der Waals surface area contributed by atoms with E-state index in [-0.39, 0.29) is 18.3 Å². The van der Waals surface area contributed by atoms with E-state index in [0.717, 1.165) is 16.9 Å². The number of nitrogens with zero attached hydrogens (tertiary/aromatic N) is 2. The largest absolute Gasteiger partial charge is 0.497 e. The van der Waals surface area contributed by atoms with Crippen LogP contribution >= 0.6 is 11.8 Å². The summed E-state index contributed by atoms with van der Waals surface area (Å²) in [4.78, 5) is 13.4. The number of benzene rings is 2. The summed E-state index contributed by atoms with van der Waals surface area (Å²) in [5.74, 6) is 1.82. The summed E-state index contributed by atoms with van der Waals surface area (Å²) in [7, 11) is 1.59. The topological polar surface area (TPSA) is 77.2 Å². The van der Waals surface area contributed by atoms with E-state index in [0.29, 0.717) is 11.6 Å². The highest BCUT2D eigenvalue weighted by molar-refractivity contribution is 7.99. The highest BCUT2D eigenvalue weighted by Crippen LogP contribution is 2.24. The average Bonchev–Trinajstić information content (AvgIpc) is 3.12. The van der Waals surface area contributed by atoms with Crippen molar-refractivity contribution in [3.63, 3.8) is 0 Å². The molecule has 7 heteroatoms. The molecule has 1 heterocycles. The summed E-state index contributed by atoms with van der Waals surface area (Å²) in [5, 5.41) is 10.5. The van der Waals surface area contributed by atoms with Crippen molar-refractivity contribution in [3.8, 4) is 17.2 Å². The van der Waals surface area contributed by atoms with Crippen LogP contribution < -0.4 is 10.1 Å². The number of hydrogen-bond acceptors (Lipinski definition) is 6. The third-order valence-corrected chi connectivity index (χ3v) is 4.48. The van der Waals surface area contributed by atoms with Crippen LogP contribution in [0.4, 0.5) is 6.01 Å². The van der Waals surface area contributed by atoms with E-state index in [1.165, 1.54) is 4.90 Å². The van der Waals surface area contributed by atoms with Crippen molar-refractivity contribution in [3.05, 3.63) is 54.1 Å². The number of anilines is 1. The Morgan fingerprint density at radius 1 is 1.19 bits per heavy atom. The zero-order valence-corrected chi connectivity index (χ0v) is 15.4. The van der Waals surface area contributed by atoms with Gasteiger partial charge in [0.05, 0.1) is 13.5 Å². The molecule has 3 rings (SSSR count). The first kappa shape index (κ1) is 18.0. The second kappa shape index (κ2) is 8.53. The van der Waals surface area contributed by atoms with Crippen LogP contribution in [-0.2, 0) is 11.2 Å². The molecular weight excluding hydrogens is 350 g/mol. The molecule has 0 saturated heterocycles. The first-order valence-corrected chi connectivity index (χ1v) is 9.16. The third-order valence-electron chi connectivity index (χ3n) is 3.59. The number of hydrogen-bond donors (Lipinski definition) is 1. The Morgan fingerprint density at radius 3 is 2.73 bits per heavy atom. The molecule has 0 radical (unpaired) electrons. The molecule has 0 aliphatic rings. The molecule has 2 aromatic carbocycles. The van der Waals surface area contributed by atoms with Crippen molar-refractivity contribution in [2.24, 2.45) is 0 Å². The second-order valence-electron chi connectivity index (χ2n) is 5.45. The van der Waals surface area contributed by atoms with E-state index in [9.17, 15) is 4.79 Å². The van der Waals surface area contributed by atoms with Crippen molar-refractivity contribution >= 4 is 23.7 Å². The first-order chi connectivity index (χ1) is 12.7. The Balaban J connectivity index is 1.62. The monoisotopic (exact) mass is 369 g/mol. The van der Waals surface area contributed by atoms with Crippen LogP contribution in [0.15, 0.2) is 57.8 Å². The number of nitrogens with one attached hydrogen (secondary N) is 1. The molecule has 0 aliphatic carbocycles. The summed E-state index contributed by atoms with van der Waals surface area (Å²) in [6.45, 7) is 2.11. The zero-order chi connectivity index (χ0) is 18.4. The number of thioether (sulfide) groups is 1. The summed E-state index contributed by atoms with van der Waals surface area (Å²) in [5.41, 5.74) is 1.65. The van der Waals surface area contributed by atoms with Gasteiger partial charge in [-0.05, 0) is 41.6 Å². The predicted molar refractivity (Wildman–Crippen MR) is 101 cm³/mol. The Morgan fingerprint density at radius 2 is 2.00 bits per heavy atom. The highest BCUT2D eigenvalue weighted by Gasteiger charge is 2.12. The lowest BCUT2D eigenvalue weighted by molar-refractivity contribution is -0.115. The van der Waals surface area contributed by atoms with Crippen LogP contribution in [0.5, 0.6) is 5.75 Å². The minimum absolute atomic E-state index is 0.0750. The van der Waals surface area contributed by atoms with E-state index < -0.39 is 0 Å². The number of ether oxygens (including phenoxy) is 1. The molecule has 6 nitrogen and oxygen atoms in total. The fourth-order valence-electron chi connectivity index (χ4n) is 2.37. The SMILES string of the molecule is CCSc1ccc(CC(=O)Nc2nnc(-c3cccc(OC)c3)o2)cc1. The standard InChI is InChI=1S/C19H19N3O3S/c1-3-26-16-9-7-13(8-10-16)11-17(23)20-19-22-21-18(25-19)14-5-4-6-15(12-14)24-2/h4-10,12H,3,11H2,1-2H3,(H,20,22,23). The van der Waals surface area contributed by atoms with Gasteiger partial charge < -0.3 is 9.15 Å². The molecule has 0 spiro atoms. The van der Waals surface area contributed by atoms with Gasteiger partial charge in [0.2, 0.25) is 11.8 Å². The highest BCUT2D eigenvalue weighted by atomic mass is 32.2. The van der Waals surface area contributed by atoms with Crippen molar-refractivity contribution in [1.82, 2.24) is 10.2 Å². The molecule has 26 heavy (non-hydrogen) atoms. The number of methoxy groups -OCH3 is 1. The molecule has 1 amide bonds. The Hall–Kier alpha value is -2.80. The minimum atomic E-state index is -0.207. The van der Waals surface area contributed by atoms with Crippen LogP contribution in [-0.4, -0.2) is 29.0 Å². The molecule has 0 atom stereocenters. The average molecular weight is 369 g/mol. The molecule has 0 aliphatic heterocycles. The maximum absolute atomic E-state index is 12.2. The van der Waals surface area contributed by atoms with Crippen LogP contribution in [0.25, 0.3) is 11.5 Å². The first-order valence-electron chi connectivity index (χ1n) is 8.17. The lowest BCUT2D eigenvalue weighted by Gasteiger charge is -2.03. The van der Waals surface area contributed by atoms with Gasteiger partial charge in [0.15, 0.2) is 0 Å². The van der Waals surface area contributed by atoms with Gasteiger partial charge >= 0.3 is 6.01 Å². The summed E-state index contributed by atoms with van der Waals surface area (Å²) in [6, 6.07) is 15.3. The molecule has 0 fully saturated rings. The lowest BCUT2D eigenvalue weighted by atomic mass is 10.1. The zero-order valence-electron chi connectivity index (χ0n) is 14.6. The molecule has 0 bridgehead atoms.